The van der Waals surface area contributed by atoms with Gasteiger partial charge in [-0.2, -0.15) is 0 Å². The van der Waals surface area contributed by atoms with Gasteiger partial charge in [-0.25, -0.2) is 0 Å². The van der Waals surface area contributed by atoms with Crippen molar-refractivity contribution in [2.75, 3.05) is 26.2 Å². The van der Waals surface area contributed by atoms with E-state index in [9.17, 15) is 9.59 Å². The lowest BCUT2D eigenvalue weighted by atomic mass is 10.2. The van der Waals surface area contributed by atoms with Crippen molar-refractivity contribution in [2.24, 2.45) is 0 Å². The smallest absolute Gasteiger partial charge is 0.257 e. The molecule has 0 saturated carbocycles. The zero-order valence-electron chi connectivity index (χ0n) is 14.1. The van der Waals surface area contributed by atoms with Crippen LogP contribution in [-0.2, 0) is 4.79 Å². The number of furan rings is 2. The van der Waals surface area contributed by atoms with Crippen molar-refractivity contribution in [1.82, 2.24) is 9.80 Å². The first kappa shape index (κ1) is 16.2. The maximum Gasteiger partial charge on any atom is 0.257 e. The minimum Gasteiger partial charge on any atom is -0.472 e. The zero-order chi connectivity index (χ0) is 17.9. The molecular weight excluding hydrogens is 332 g/mol. The summed E-state index contributed by atoms with van der Waals surface area (Å²) in [5, 5.41) is 1.01. The Bertz CT molecular complexity index is 914. The average Bonchev–Trinajstić information content (AvgIpc) is 3.35. The van der Waals surface area contributed by atoms with Crippen LogP contribution in [0.2, 0.25) is 0 Å². The summed E-state index contributed by atoms with van der Waals surface area (Å²) in [4.78, 5) is 28.1. The fourth-order valence-electron chi connectivity index (χ4n) is 3.04. The van der Waals surface area contributed by atoms with Crippen LogP contribution in [0.5, 0.6) is 0 Å². The highest BCUT2D eigenvalue weighted by molar-refractivity contribution is 5.95. The zero-order valence-corrected chi connectivity index (χ0v) is 14.1. The van der Waals surface area contributed by atoms with Crippen LogP contribution in [0.15, 0.2) is 63.8 Å². The van der Waals surface area contributed by atoms with Gasteiger partial charge in [0, 0.05) is 37.6 Å². The van der Waals surface area contributed by atoms with Gasteiger partial charge in [0.1, 0.15) is 17.6 Å². The van der Waals surface area contributed by atoms with Gasteiger partial charge in [-0.1, -0.05) is 18.2 Å². The number of amides is 2. The fourth-order valence-corrected chi connectivity index (χ4v) is 3.04. The van der Waals surface area contributed by atoms with Crippen molar-refractivity contribution in [2.45, 2.75) is 0 Å². The van der Waals surface area contributed by atoms with Crippen LogP contribution >= 0.6 is 0 Å². The van der Waals surface area contributed by atoms with Gasteiger partial charge in [-0.05, 0) is 24.3 Å². The van der Waals surface area contributed by atoms with E-state index in [4.69, 9.17) is 8.83 Å². The Hall–Kier alpha value is -3.28. The molecule has 0 N–H and O–H groups in total. The van der Waals surface area contributed by atoms with Gasteiger partial charge in [0.2, 0.25) is 5.91 Å². The quantitative estimate of drug-likeness (QED) is 0.681. The van der Waals surface area contributed by atoms with Gasteiger partial charge in [-0.3, -0.25) is 9.59 Å². The monoisotopic (exact) mass is 350 g/mol. The highest BCUT2D eigenvalue weighted by Gasteiger charge is 2.24. The van der Waals surface area contributed by atoms with Crippen LogP contribution in [0, 0.1) is 0 Å². The summed E-state index contributed by atoms with van der Waals surface area (Å²) < 4.78 is 10.6. The Balaban J connectivity index is 1.35. The molecule has 2 aromatic heterocycles. The summed E-state index contributed by atoms with van der Waals surface area (Å²) in [6.07, 6.45) is 6.13. The van der Waals surface area contributed by atoms with E-state index < -0.39 is 0 Å². The lowest BCUT2D eigenvalue weighted by Gasteiger charge is -2.34. The van der Waals surface area contributed by atoms with Crippen molar-refractivity contribution in [3.05, 3.63) is 66.3 Å². The molecule has 26 heavy (non-hydrogen) atoms. The second kappa shape index (κ2) is 6.92. The van der Waals surface area contributed by atoms with Gasteiger partial charge in [0.05, 0.1) is 11.8 Å². The summed E-state index contributed by atoms with van der Waals surface area (Å²) in [5.74, 6) is 0.498. The lowest BCUT2D eigenvalue weighted by molar-refractivity contribution is -0.127. The molecule has 0 spiro atoms. The number of benzene rings is 1. The highest BCUT2D eigenvalue weighted by atomic mass is 16.3. The number of carbonyl (C=O) groups excluding carboxylic acids is 2. The second-order valence-electron chi connectivity index (χ2n) is 6.15. The summed E-state index contributed by atoms with van der Waals surface area (Å²) >= 11 is 0. The first-order valence-electron chi connectivity index (χ1n) is 8.48. The molecule has 1 aliphatic heterocycles. The van der Waals surface area contributed by atoms with Gasteiger partial charge in [0.15, 0.2) is 0 Å². The van der Waals surface area contributed by atoms with Crippen LogP contribution in [0.3, 0.4) is 0 Å². The van der Waals surface area contributed by atoms with E-state index in [1.54, 1.807) is 21.9 Å². The standard InChI is InChI=1S/C20H18N2O4/c23-19(6-5-17-13-15-3-1-2-4-18(15)26-17)21-8-10-22(11-9-21)20(24)16-7-12-25-14-16/h1-7,12-14H,8-11H2/b6-5+. The number of para-hydroxylation sites is 1. The number of nitrogens with zero attached hydrogens (tertiary/aromatic N) is 2. The highest BCUT2D eigenvalue weighted by Crippen LogP contribution is 2.19. The van der Waals surface area contributed by atoms with Crippen molar-refractivity contribution in [3.8, 4) is 0 Å². The molecule has 0 bridgehead atoms. The van der Waals surface area contributed by atoms with Crippen LogP contribution in [0.4, 0.5) is 0 Å². The third kappa shape index (κ3) is 3.26. The van der Waals surface area contributed by atoms with Crippen LogP contribution < -0.4 is 0 Å². The molecule has 6 nitrogen and oxygen atoms in total. The molecule has 4 rings (SSSR count). The molecule has 0 aliphatic carbocycles. The summed E-state index contributed by atoms with van der Waals surface area (Å²) in [6, 6.07) is 11.3. The van der Waals surface area contributed by atoms with Gasteiger partial charge >= 0.3 is 0 Å². The Morgan fingerprint density at radius 3 is 2.50 bits per heavy atom. The predicted molar refractivity (Wildman–Crippen MR) is 96.4 cm³/mol. The molecule has 3 aromatic rings. The van der Waals surface area contributed by atoms with E-state index >= 15 is 0 Å². The second-order valence-corrected chi connectivity index (χ2v) is 6.15. The minimum absolute atomic E-state index is 0.0660. The van der Waals surface area contributed by atoms with Crippen molar-refractivity contribution < 1.29 is 18.4 Å². The molecule has 2 amide bonds. The molecule has 132 valence electrons. The van der Waals surface area contributed by atoms with E-state index in [1.165, 1.54) is 18.6 Å². The molecule has 1 aromatic carbocycles. The largest absolute Gasteiger partial charge is 0.472 e. The Morgan fingerprint density at radius 2 is 1.77 bits per heavy atom. The topological polar surface area (TPSA) is 66.9 Å². The van der Waals surface area contributed by atoms with Crippen LogP contribution in [0.25, 0.3) is 17.0 Å². The first-order valence-corrected chi connectivity index (χ1v) is 8.48. The summed E-state index contributed by atoms with van der Waals surface area (Å²) in [7, 11) is 0. The maximum atomic E-state index is 12.4. The van der Waals surface area contributed by atoms with Crippen molar-refractivity contribution in [3.63, 3.8) is 0 Å². The van der Waals surface area contributed by atoms with Crippen molar-refractivity contribution in [1.29, 1.82) is 0 Å². The molecular formula is C20H18N2O4. The van der Waals surface area contributed by atoms with E-state index in [0.29, 0.717) is 37.5 Å². The summed E-state index contributed by atoms with van der Waals surface area (Å²) in [6.45, 7) is 2.03. The van der Waals surface area contributed by atoms with E-state index in [2.05, 4.69) is 0 Å². The molecule has 0 unspecified atom stereocenters. The van der Waals surface area contributed by atoms with Gasteiger partial charge < -0.3 is 18.6 Å². The van der Waals surface area contributed by atoms with E-state index in [-0.39, 0.29) is 11.8 Å². The number of hydrogen-bond acceptors (Lipinski definition) is 4. The number of piperazine rings is 1. The molecule has 0 atom stereocenters. The Labute approximate surface area is 150 Å². The third-order valence-corrected chi connectivity index (χ3v) is 4.48. The fraction of sp³-hybridized carbons (Fsp3) is 0.200. The normalized spacial score (nSPS) is 15.1. The summed E-state index contributed by atoms with van der Waals surface area (Å²) in [5.41, 5.74) is 1.33. The van der Waals surface area contributed by atoms with Crippen LogP contribution in [0.1, 0.15) is 16.1 Å². The molecule has 3 heterocycles. The lowest BCUT2D eigenvalue weighted by Crippen LogP contribution is -2.50. The minimum atomic E-state index is -0.0825. The predicted octanol–water partition coefficient (Wildman–Crippen LogP) is 3.02. The number of hydrogen-bond donors (Lipinski definition) is 0. The molecule has 1 saturated heterocycles. The van der Waals surface area contributed by atoms with Gasteiger partial charge in [-0.15, -0.1) is 0 Å². The Kier molecular flexibility index (Phi) is 4.31. The third-order valence-electron chi connectivity index (χ3n) is 4.48. The molecule has 6 heteroatoms. The van der Waals surface area contributed by atoms with Gasteiger partial charge in [0.25, 0.3) is 5.91 Å². The molecule has 1 fully saturated rings. The molecule has 1 aliphatic rings. The number of fused-ring (bicyclic) bond motifs is 1. The SMILES string of the molecule is O=C(/C=C/c1cc2ccccc2o1)N1CCN(C(=O)c2ccoc2)CC1. The van der Waals surface area contributed by atoms with E-state index in [0.717, 1.165) is 11.0 Å². The average molecular weight is 350 g/mol. The van der Waals surface area contributed by atoms with E-state index in [1.807, 2.05) is 30.3 Å². The van der Waals surface area contributed by atoms with Crippen molar-refractivity contribution >= 4 is 28.9 Å². The number of carbonyl (C=O) groups is 2. The number of rotatable bonds is 3. The first-order chi connectivity index (χ1) is 12.7. The maximum absolute atomic E-state index is 12.4. The molecule has 0 radical (unpaired) electrons. The Morgan fingerprint density at radius 1 is 1.00 bits per heavy atom. The van der Waals surface area contributed by atoms with Crippen LogP contribution in [-0.4, -0.2) is 47.8 Å².